The third-order valence-corrected chi connectivity index (χ3v) is 11.8. The van der Waals surface area contributed by atoms with Crippen LogP contribution in [0.2, 0.25) is 0 Å². The lowest BCUT2D eigenvalue weighted by Gasteiger charge is -2.18. The minimum atomic E-state index is -0.797. The van der Waals surface area contributed by atoms with Crippen molar-refractivity contribution in [1.82, 2.24) is 0 Å². The van der Waals surface area contributed by atoms with Crippen LogP contribution in [0.25, 0.3) is 0 Å². The highest BCUT2D eigenvalue weighted by molar-refractivity contribution is 5.71. The fraction of sp³-hybridized carbons (Fsp3) is 0.597. The number of hydrogen-bond donors (Lipinski definition) is 0. The van der Waals surface area contributed by atoms with Crippen molar-refractivity contribution in [3.8, 4) is 0 Å². The highest BCUT2D eigenvalue weighted by atomic mass is 16.6. The van der Waals surface area contributed by atoms with Crippen LogP contribution in [-0.4, -0.2) is 37.2 Å². The van der Waals surface area contributed by atoms with E-state index in [9.17, 15) is 14.4 Å². The molecule has 6 heteroatoms. The van der Waals surface area contributed by atoms with Gasteiger partial charge in [-0.25, -0.2) is 0 Å². The minimum absolute atomic E-state index is 0.0960. The van der Waals surface area contributed by atoms with Crippen molar-refractivity contribution in [2.45, 2.75) is 245 Å². The number of carbonyl (C=O) groups excluding carboxylic acids is 3. The van der Waals surface area contributed by atoms with E-state index in [-0.39, 0.29) is 31.1 Å². The Balaban J connectivity index is 4.18. The summed E-state index contributed by atoms with van der Waals surface area (Å²) in [6.45, 7) is 6.37. The predicted octanol–water partition coefficient (Wildman–Crippen LogP) is 20.0. The van der Waals surface area contributed by atoms with E-state index in [1.54, 1.807) is 0 Å². The molecule has 0 radical (unpaired) electrons. The van der Waals surface area contributed by atoms with Crippen LogP contribution in [0.3, 0.4) is 0 Å². The van der Waals surface area contributed by atoms with Gasteiger partial charge in [0.2, 0.25) is 0 Å². The molecule has 0 aromatic carbocycles. The van der Waals surface area contributed by atoms with Crippen molar-refractivity contribution >= 4 is 17.9 Å². The highest BCUT2D eigenvalue weighted by Gasteiger charge is 2.19. The first-order valence-electron chi connectivity index (χ1n) is 29.3. The molecule has 0 rings (SSSR count). The third kappa shape index (κ3) is 58.1. The molecular weight excluding hydrogens is 901 g/mol. The molecule has 0 aromatic heterocycles. The van der Waals surface area contributed by atoms with Crippen LogP contribution < -0.4 is 0 Å². The summed E-state index contributed by atoms with van der Waals surface area (Å²) in [5.74, 6) is -0.954. The molecular formula is C67H106O6. The standard InChI is InChI=1S/C67H106O6/c1-4-7-10-13-16-18-20-22-24-25-26-27-28-29-30-31-32-33-34-35-36-37-38-39-40-41-42-43-44-46-47-49-51-54-57-60-66(69)72-63-64(62-71-65(68)59-56-53-15-12-9-6-3)73-67(70)61-58-55-52-50-48-45-23-21-19-17-14-11-8-5-2/h7,10,14,16-18,21-24,26-27,29-30,32-33,35-36,38-39,41-42,44,46,64H,4-6,8-9,11-13,15,19-20,25,28,31,34,37,40,43,45,47-63H2,1-3H3/b10-7-,17-14-,18-16-,23-21-,24-22-,27-26-,30-29-,33-32-,36-35-,39-38-,42-41-,46-44-. The van der Waals surface area contributed by atoms with E-state index < -0.39 is 6.10 Å². The van der Waals surface area contributed by atoms with Gasteiger partial charge in [-0.15, -0.1) is 0 Å². The molecule has 410 valence electrons. The molecule has 0 amide bonds. The van der Waals surface area contributed by atoms with Gasteiger partial charge in [0, 0.05) is 19.3 Å². The Labute approximate surface area is 448 Å². The topological polar surface area (TPSA) is 78.9 Å². The lowest BCUT2D eigenvalue weighted by Crippen LogP contribution is -2.30. The van der Waals surface area contributed by atoms with Gasteiger partial charge in [-0.2, -0.15) is 0 Å². The van der Waals surface area contributed by atoms with Gasteiger partial charge < -0.3 is 14.2 Å². The van der Waals surface area contributed by atoms with Gasteiger partial charge in [-0.05, 0) is 122 Å². The van der Waals surface area contributed by atoms with Crippen molar-refractivity contribution < 1.29 is 28.6 Å². The molecule has 0 fully saturated rings. The van der Waals surface area contributed by atoms with Crippen molar-refractivity contribution in [3.05, 3.63) is 146 Å². The van der Waals surface area contributed by atoms with Gasteiger partial charge in [0.05, 0.1) is 0 Å². The largest absolute Gasteiger partial charge is 0.462 e. The average Bonchev–Trinajstić information content (AvgIpc) is 3.39. The zero-order chi connectivity index (χ0) is 52.9. The SMILES string of the molecule is CC/C=C\C/C=C\C/C=C\C/C=C\C/C=C\C/C=C\C/C=C\C/C=C\C/C=C\C/C=C\CCCCCCC(=O)OCC(COC(=O)CCCCCCCC)OC(=O)CCCCCCC/C=C\C/C=C\CCCC. The maximum atomic E-state index is 12.8. The van der Waals surface area contributed by atoms with Gasteiger partial charge in [0.15, 0.2) is 6.10 Å². The zero-order valence-corrected chi connectivity index (χ0v) is 46.8. The van der Waals surface area contributed by atoms with Gasteiger partial charge in [0.25, 0.3) is 0 Å². The second-order valence-corrected chi connectivity index (χ2v) is 18.8. The van der Waals surface area contributed by atoms with Crippen molar-refractivity contribution in [2.75, 3.05) is 13.2 Å². The Morgan fingerprint density at radius 1 is 0.288 bits per heavy atom. The fourth-order valence-corrected chi connectivity index (χ4v) is 7.43. The van der Waals surface area contributed by atoms with E-state index in [4.69, 9.17) is 14.2 Å². The number of allylic oxidation sites excluding steroid dienone is 24. The second-order valence-electron chi connectivity index (χ2n) is 18.8. The number of unbranched alkanes of at least 4 members (excludes halogenated alkanes) is 16. The lowest BCUT2D eigenvalue weighted by molar-refractivity contribution is -0.167. The average molecular weight is 1010 g/mol. The summed E-state index contributed by atoms with van der Waals surface area (Å²) in [6.07, 6.45) is 85.9. The minimum Gasteiger partial charge on any atom is -0.462 e. The summed E-state index contributed by atoms with van der Waals surface area (Å²) in [5, 5.41) is 0. The highest BCUT2D eigenvalue weighted by Crippen LogP contribution is 2.13. The van der Waals surface area contributed by atoms with Crippen LogP contribution in [0.5, 0.6) is 0 Å². The molecule has 0 aliphatic carbocycles. The summed E-state index contributed by atoms with van der Waals surface area (Å²) >= 11 is 0. The van der Waals surface area contributed by atoms with E-state index in [0.717, 1.165) is 161 Å². The maximum Gasteiger partial charge on any atom is 0.306 e. The Morgan fingerprint density at radius 3 is 0.877 bits per heavy atom. The molecule has 6 nitrogen and oxygen atoms in total. The molecule has 0 N–H and O–H groups in total. The monoisotopic (exact) mass is 1010 g/mol. The summed E-state index contributed by atoms with van der Waals surface area (Å²) < 4.78 is 16.7. The smallest absolute Gasteiger partial charge is 0.306 e. The number of carbonyl (C=O) groups is 3. The second kappa shape index (κ2) is 59.8. The van der Waals surface area contributed by atoms with Crippen LogP contribution in [0.4, 0.5) is 0 Å². The van der Waals surface area contributed by atoms with Gasteiger partial charge >= 0.3 is 17.9 Å². The predicted molar refractivity (Wildman–Crippen MR) is 315 cm³/mol. The molecule has 0 saturated carbocycles. The molecule has 0 aromatic rings. The van der Waals surface area contributed by atoms with E-state index in [0.29, 0.717) is 19.3 Å². The molecule has 0 heterocycles. The van der Waals surface area contributed by atoms with Crippen LogP contribution in [0.1, 0.15) is 239 Å². The van der Waals surface area contributed by atoms with Gasteiger partial charge in [-0.3, -0.25) is 14.4 Å². The van der Waals surface area contributed by atoms with Gasteiger partial charge in [-0.1, -0.05) is 244 Å². The van der Waals surface area contributed by atoms with E-state index in [1.807, 2.05) is 0 Å². The molecule has 0 spiro atoms. The first kappa shape index (κ1) is 68.3. The van der Waals surface area contributed by atoms with Crippen molar-refractivity contribution in [1.29, 1.82) is 0 Å². The van der Waals surface area contributed by atoms with Crippen LogP contribution >= 0.6 is 0 Å². The zero-order valence-electron chi connectivity index (χ0n) is 46.8. The van der Waals surface area contributed by atoms with E-state index >= 15 is 0 Å². The van der Waals surface area contributed by atoms with Crippen LogP contribution in [-0.2, 0) is 28.6 Å². The Hall–Kier alpha value is -4.71. The van der Waals surface area contributed by atoms with Crippen molar-refractivity contribution in [2.24, 2.45) is 0 Å². The number of ether oxygens (including phenoxy) is 3. The first-order chi connectivity index (χ1) is 36.0. The van der Waals surface area contributed by atoms with Gasteiger partial charge in [0.1, 0.15) is 13.2 Å². The Morgan fingerprint density at radius 2 is 0.548 bits per heavy atom. The maximum absolute atomic E-state index is 12.8. The summed E-state index contributed by atoms with van der Waals surface area (Å²) in [4.78, 5) is 37.8. The lowest BCUT2D eigenvalue weighted by atomic mass is 10.1. The number of esters is 3. The molecule has 0 bridgehead atoms. The third-order valence-electron chi connectivity index (χ3n) is 11.8. The summed E-state index contributed by atoms with van der Waals surface area (Å²) in [6, 6.07) is 0. The fourth-order valence-electron chi connectivity index (χ4n) is 7.43. The van der Waals surface area contributed by atoms with Crippen LogP contribution in [0.15, 0.2) is 146 Å². The molecule has 0 saturated heterocycles. The normalized spacial score (nSPS) is 13.2. The quantitative estimate of drug-likeness (QED) is 0.0261. The summed E-state index contributed by atoms with van der Waals surface area (Å²) in [5.41, 5.74) is 0. The molecule has 1 atom stereocenters. The summed E-state index contributed by atoms with van der Waals surface area (Å²) in [7, 11) is 0. The molecule has 0 aliphatic rings. The van der Waals surface area contributed by atoms with Crippen molar-refractivity contribution in [3.63, 3.8) is 0 Å². The van der Waals surface area contributed by atoms with E-state index in [1.165, 1.54) is 38.5 Å². The number of hydrogen-bond acceptors (Lipinski definition) is 6. The molecule has 0 aliphatic heterocycles. The number of rotatable bonds is 51. The molecule has 73 heavy (non-hydrogen) atoms. The first-order valence-corrected chi connectivity index (χ1v) is 29.3. The van der Waals surface area contributed by atoms with E-state index in [2.05, 4.69) is 167 Å². The molecule has 1 unspecified atom stereocenters. The Bertz CT molecular complexity index is 1630. The Kier molecular flexibility index (Phi) is 56.0. The van der Waals surface area contributed by atoms with Crippen LogP contribution in [0, 0.1) is 0 Å².